The van der Waals surface area contributed by atoms with E-state index in [1.54, 1.807) is 0 Å². The van der Waals surface area contributed by atoms with Gasteiger partial charge >= 0.3 is 0 Å². The molecule has 4 atom stereocenters. The van der Waals surface area contributed by atoms with Crippen molar-refractivity contribution < 1.29 is 28.8 Å². The standard InChI is InChI=1S/C22H34N12O6S2/c23-3-17(35)31-15(21(39)33-13(19(25)37)1-11-5-27-9-29-11)7-41-42-8-16(32-18(36)4-24)22(40)34-14(20(26)38)2-12-6-28-10-30-12/h5-6,9-10,13-16H,1-4,7-8,23-24H2,(H2,25,37)(H2,26,38)(H,27,29)(H,28,30)(H,31,35)(H,32,36)(H,33,39)(H,34,40)/t13-,14-,15-,16-/m0/s1. The molecule has 2 rings (SSSR count). The Morgan fingerprint density at radius 1 is 0.667 bits per heavy atom. The second-order valence-electron chi connectivity index (χ2n) is 8.71. The third-order valence-electron chi connectivity index (χ3n) is 5.50. The topological polar surface area (TPSA) is 312 Å². The van der Waals surface area contributed by atoms with E-state index in [2.05, 4.69) is 41.2 Å². The van der Waals surface area contributed by atoms with Gasteiger partial charge in [0.2, 0.25) is 35.4 Å². The van der Waals surface area contributed by atoms with Crippen molar-refractivity contribution in [1.82, 2.24) is 41.2 Å². The second kappa shape index (κ2) is 17.6. The summed E-state index contributed by atoms with van der Waals surface area (Å²) >= 11 is 0. The Morgan fingerprint density at radius 3 is 1.33 bits per heavy atom. The van der Waals surface area contributed by atoms with Crippen molar-refractivity contribution in [2.75, 3.05) is 24.6 Å². The number of primary amides is 2. The molecule has 0 bridgehead atoms. The lowest BCUT2D eigenvalue weighted by molar-refractivity contribution is -0.130. The lowest BCUT2D eigenvalue weighted by Crippen LogP contribution is -2.55. The van der Waals surface area contributed by atoms with Gasteiger partial charge < -0.3 is 54.2 Å². The molecule has 0 fully saturated rings. The first-order valence-corrected chi connectivity index (χ1v) is 14.9. The van der Waals surface area contributed by atoms with Crippen LogP contribution in [0.25, 0.3) is 0 Å². The lowest BCUT2D eigenvalue weighted by Gasteiger charge is -2.22. The summed E-state index contributed by atoms with van der Waals surface area (Å²) in [4.78, 5) is 87.0. The molecule has 0 spiro atoms. The highest BCUT2D eigenvalue weighted by atomic mass is 33.1. The van der Waals surface area contributed by atoms with Crippen molar-refractivity contribution in [3.63, 3.8) is 0 Å². The number of carbonyl (C=O) groups excluding carboxylic acids is 6. The van der Waals surface area contributed by atoms with Crippen LogP contribution in [0.1, 0.15) is 11.4 Å². The van der Waals surface area contributed by atoms with Gasteiger partial charge in [-0.15, -0.1) is 0 Å². The summed E-state index contributed by atoms with van der Waals surface area (Å²) in [6.45, 7) is -0.774. The predicted octanol–water partition coefficient (Wildman–Crippen LogP) is -4.87. The van der Waals surface area contributed by atoms with Crippen molar-refractivity contribution in [3.05, 3.63) is 36.4 Å². The van der Waals surface area contributed by atoms with Gasteiger partial charge in [-0.1, -0.05) is 21.6 Å². The van der Waals surface area contributed by atoms with Gasteiger partial charge in [0.25, 0.3) is 0 Å². The second-order valence-corrected chi connectivity index (χ2v) is 11.3. The van der Waals surface area contributed by atoms with Gasteiger partial charge in [-0.2, -0.15) is 0 Å². The molecule has 0 radical (unpaired) electrons. The van der Waals surface area contributed by atoms with Gasteiger partial charge in [0.05, 0.1) is 25.7 Å². The van der Waals surface area contributed by atoms with Gasteiger partial charge in [0.1, 0.15) is 24.2 Å². The van der Waals surface area contributed by atoms with Crippen LogP contribution in [0.15, 0.2) is 25.0 Å². The zero-order valence-electron chi connectivity index (χ0n) is 22.3. The molecule has 2 aromatic heterocycles. The summed E-state index contributed by atoms with van der Waals surface area (Å²) in [7, 11) is 2.19. The fraction of sp³-hybridized carbons (Fsp3) is 0.455. The first-order chi connectivity index (χ1) is 20.0. The van der Waals surface area contributed by atoms with E-state index in [0.717, 1.165) is 21.6 Å². The largest absolute Gasteiger partial charge is 0.368 e. The van der Waals surface area contributed by atoms with E-state index >= 15 is 0 Å². The number of hydrogen-bond acceptors (Lipinski definition) is 12. The van der Waals surface area contributed by atoms with E-state index in [9.17, 15) is 28.8 Å². The van der Waals surface area contributed by atoms with E-state index < -0.39 is 59.6 Å². The average Bonchev–Trinajstić information content (AvgIpc) is 3.67. The van der Waals surface area contributed by atoms with Crippen molar-refractivity contribution in [2.45, 2.75) is 37.0 Å². The molecule has 14 N–H and O–H groups in total. The van der Waals surface area contributed by atoms with Crippen LogP contribution in [0.2, 0.25) is 0 Å². The molecule has 42 heavy (non-hydrogen) atoms. The fourth-order valence-corrected chi connectivity index (χ4v) is 5.66. The van der Waals surface area contributed by atoms with E-state index in [4.69, 9.17) is 22.9 Å². The number of hydrogen-bond donors (Lipinski definition) is 10. The molecule has 0 unspecified atom stereocenters. The predicted molar refractivity (Wildman–Crippen MR) is 154 cm³/mol. The molecule has 2 aromatic rings. The Labute approximate surface area is 247 Å². The van der Waals surface area contributed by atoms with Crippen molar-refractivity contribution in [2.24, 2.45) is 22.9 Å². The first kappa shape index (κ1) is 34.1. The van der Waals surface area contributed by atoms with E-state index in [-0.39, 0.29) is 37.4 Å². The molecular formula is C22H34N12O6S2. The van der Waals surface area contributed by atoms with Gasteiger partial charge in [0.15, 0.2) is 0 Å². The third kappa shape index (κ3) is 11.8. The number of amides is 6. The summed E-state index contributed by atoms with van der Waals surface area (Å²) in [5.74, 6) is -4.24. The monoisotopic (exact) mass is 626 g/mol. The van der Waals surface area contributed by atoms with Gasteiger partial charge in [-0.3, -0.25) is 28.8 Å². The number of aromatic nitrogens is 4. The van der Waals surface area contributed by atoms with E-state index in [0.29, 0.717) is 11.4 Å². The van der Waals surface area contributed by atoms with Crippen LogP contribution in [0, 0.1) is 0 Å². The summed E-state index contributed by atoms with van der Waals surface area (Å²) in [5, 5.41) is 9.97. The molecule has 0 saturated carbocycles. The number of nitrogens with zero attached hydrogens (tertiary/aromatic N) is 2. The highest BCUT2D eigenvalue weighted by Crippen LogP contribution is 2.23. The molecule has 0 aliphatic rings. The minimum absolute atomic E-state index is 0.0132. The zero-order chi connectivity index (χ0) is 31.1. The molecule has 0 aliphatic heterocycles. The number of H-pyrrole nitrogens is 2. The minimum Gasteiger partial charge on any atom is -0.368 e. The Bertz CT molecular complexity index is 1100. The number of nitrogens with two attached hydrogens (primary N) is 4. The SMILES string of the molecule is NCC(=O)N[C@@H](CSSC[C@H](NC(=O)CN)C(=O)N[C@@H](Cc1cnc[nH]1)C(N)=O)C(=O)N[C@@H](Cc1cnc[nH]1)C(N)=O. The lowest BCUT2D eigenvalue weighted by atomic mass is 10.1. The summed E-state index contributed by atoms with van der Waals surface area (Å²) < 4.78 is 0. The molecule has 20 heteroatoms. The van der Waals surface area contributed by atoms with Crippen LogP contribution in [-0.2, 0) is 41.6 Å². The van der Waals surface area contributed by atoms with Crippen LogP contribution in [0.4, 0.5) is 0 Å². The van der Waals surface area contributed by atoms with Crippen molar-refractivity contribution >= 4 is 57.0 Å². The van der Waals surface area contributed by atoms with Crippen molar-refractivity contribution in [1.29, 1.82) is 0 Å². The molecule has 0 aromatic carbocycles. The molecule has 2 heterocycles. The zero-order valence-corrected chi connectivity index (χ0v) is 24.0. The van der Waals surface area contributed by atoms with E-state index in [1.165, 1.54) is 25.0 Å². The Hall–Kier alpha value is -4.14. The minimum atomic E-state index is -1.12. The normalized spacial score (nSPS) is 13.7. The highest BCUT2D eigenvalue weighted by molar-refractivity contribution is 8.76. The Kier molecular flexibility index (Phi) is 14.3. The van der Waals surface area contributed by atoms with Crippen LogP contribution in [0.3, 0.4) is 0 Å². The van der Waals surface area contributed by atoms with Crippen LogP contribution in [-0.4, -0.2) is 104 Å². The summed E-state index contributed by atoms with van der Waals surface area (Å²) in [6, 6.07) is -4.43. The van der Waals surface area contributed by atoms with Crippen LogP contribution in [0.5, 0.6) is 0 Å². The third-order valence-corrected chi connectivity index (χ3v) is 7.93. The Morgan fingerprint density at radius 2 is 1.05 bits per heavy atom. The first-order valence-electron chi connectivity index (χ1n) is 12.4. The van der Waals surface area contributed by atoms with Gasteiger partial charge in [-0.25, -0.2) is 9.97 Å². The quantitative estimate of drug-likeness (QED) is 0.0518. The molecule has 18 nitrogen and oxygen atoms in total. The van der Waals surface area contributed by atoms with Crippen LogP contribution >= 0.6 is 21.6 Å². The fourth-order valence-electron chi connectivity index (χ4n) is 3.33. The maximum Gasteiger partial charge on any atom is 0.244 e. The average molecular weight is 627 g/mol. The summed E-state index contributed by atoms with van der Waals surface area (Å²) in [5.41, 5.74) is 22.7. The maximum absolute atomic E-state index is 13.0. The number of nitrogens with one attached hydrogen (secondary N) is 6. The molecule has 0 saturated heterocycles. The van der Waals surface area contributed by atoms with Crippen LogP contribution < -0.4 is 44.2 Å². The molecular weight excluding hydrogens is 592 g/mol. The van der Waals surface area contributed by atoms with E-state index in [1.807, 2.05) is 0 Å². The van der Waals surface area contributed by atoms with Gasteiger partial charge in [0, 0.05) is 48.1 Å². The number of rotatable bonds is 19. The van der Waals surface area contributed by atoms with Crippen molar-refractivity contribution in [3.8, 4) is 0 Å². The maximum atomic E-state index is 13.0. The summed E-state index contributed by atoms with van der Waals surface area (Å²) in [6.07, 6.45) is 5.85. The van der Waals surface area contributed by atoms with Gasteiger partial charge in [-0.05, 0) is 0 Å². The molecule has 230 valence electrons. The Balaban J connectivity index is 2.02. The molecule has 6 amide bonds. The molecule has 0 aliphatic carbocycles. The highest BCUT2D eigenvalue weighted by Gasteiger charge is 2.28. The number of carbonyl (C=O) groups is 6. The smallest absolute Gasteiger partial charge is 0.244 e. The number of imidazole rings is 2. The number of aromatic amines is 2.